The van der Waals surface area contributed by atoms with Crippen LogP contribution < -0.4 is 5.32 Å². The lowest BCUT2D eigenvalue weighted by Gasteiger charge is -2.20. The average molecular weight is 273 g/mol. The lowest BCUT2D eigenvalue weighted by atomic mass is 10.2. The van der Waals surface area contributed by atoms with Crippen molar-refractivity contribution in [2.45, 2.75) is 38.3 Å². The summed E-state index contributed by atoms with van der Waals surface area (Å²) in [6, 6.07) is 4.22. The van der Waals surface area contributed by atoms with E-state index >= 15 is 0 Å². The molecule has 0 atom stereocenters. The summed E-state index contributed by atoms with van der Waals surface area (Å²) in [7, 11) is 1.82. The van der Waals surface area contributed by atoms with Crippen LogP contribution in [0.5, 0.6) is 0 Å². The third-order valence-electron chi connectivity index (χ3n) is 3.05. The van der Waals surface area contributed by atoms with Gasteiger partial charge in [0.1, 0.15) is 0 Å². The lowest BCUT2D eigenvalue weighted by Crippen LogP contribution is -2.41. The number of halogens is 1. The van der Waals surface area contributed by atoms with Crippen molar-refractivity contribution in [3.63, 3.8) is 0 Å². The molecule has 17 heavy (non-hydrogen) atoms. The molecule has 1 N–H and O–H groups in total. The van der Waals surface area contributed by atoms with E-state index in [1.165, 1.54) is 24.2 Å². The van der Waals surface area contributed by atoms with Crippen LogP contribution in [0, 0.1) is 0 Å². The Hall–Kier alpha value is -0.740. The van der Waals surface area contributed by atoms with E-state index in [1.807, 2.05) is 19.2 Å². The van der Waals surface area contributed by atoms with Gasteiger partial charge in [-0.1, -0.05) is 24.4 Å². The number of carbonyl (C=O) groups is 1. The molecule has 0 saturated heterocycles. The SMILES string of the molecule is CN(Cc1ccc(Cl)s1)C(=O)NC1CCCC1. The van der Waals surface area contributed by atoms with Crippen molar-refractivity contribution < 1.29 is 4.79 Å². The standard InChI is InChI=1S/C12H17ClN2OS/c1-15(8-10-6-7-11(13)17-10)12(16)14-9-4-2-3-5-9/h6-7,9H,2-5,8H2,1H3,(H,14,16). The van der Waals surface area contributed by atoms with Crippen molar-refractivity contribution in [3.05, 3.63) is 21.3 Å². The van der Waals surface area contributed by atoms with E-state index in [2.05, 4.69) is 5.32 Å². The van der Waals surface area contributed by atoms with Crippen LogP contribution in [0.1, 0.15) is 30.6 Å². The highest BCUT2D eigenvalue weighted by molar-refractivity contribution is 7.16. The molecule has 0 unspecified atom stereocenters. The van der Waals surface area contributed by atoms with E-state index in [-0.39, 0.29) is 6.03 Å². The molecule has 0 spiro atoms. The summed E-state index contributed by atoms with van der Waals surface area (Å²) in [4.78, 5) is 14.7. The molecule has 0 aliphatic heterocycles. The molecular formula is C12H17ClN2OS. The summed E-state index contributed by atoms with van der Waals surface area (Å²) >= 11 is 7.38. The molecule has 0 bridgehead atoms. The highest BCUT2D eigenvalue weighted by Crippen LogP contribution is 2.22. The molecule has 1 aromatic rings. The molecule has 5 heteroatoms. The topological polar surface area (TPSA) is 32.3 Å². The molecule has 1 saturated carbocycles. The minimum Gasteiger partial charge on any atom is -0.335 e. The van der Waals surface area contributed by atoms with Gasteiger partial charge in [-0.2, -0.15) is 0 Å². The predicted octanol–water partition coefficient (Wildman–Crippen LogP) is 3.49. The summed E-state index contributed by atoms with van der Waals surface area (Å²) in [6.07, 6.45) is 4.69. The summed E-state index contributed by atoms with van der Waals surface area (Å²) in [5.74, 6) is 0. The summed E-state index contributed by atoms with van der Waals surface area (Å²) < 4.78 is 0.768. The Morgan fingerprint density at radius 2 is 2.24 bits per heavy atom. The fraction of sp³-hybridized carbons (Fsp3) is 0.583. The number of urea groups is 1. The van der Waals surface area contributed by atoms with Gasteiger partial charge in [-0.25, -0.2) is 4.79 Å². The molecule has 94 valence electrons. The highest BCUT2D eigenvalue weighted by Gasteiger charge is 2.19. The average Bonchev–Trinajstić information content (AvgIpc) is 2.90. The minimum atomic E-state index is 0.0152. The Bertz CT molecular complexity index is 388. The van der Waals surface area contributed by atoms with Gasteiger partial charge >= 0.3 is 6.03 Å². The number of hydrogen-bond acceptors (Lipinski definition) is 2. The number of nitrogens with one attached hydrogen (secondary N) is 1. The Kier molecular flexibility index (Phi) is 4.29. The van der Waals surface area contributed by atoms with Gasteiger partial charge in [0.15, 0.2) is 0 Å². The molecule has 1 heterocycles. The molecule has 1 aliphatic carbocycles. The third kappa shape index (κ3) is 3.61. The van der Waals surface area contributed by atoms with Crippen molar-refractivity contribution in [2.24, 2.45) is 0 Å². The molecule has 2 rings (SSSR count). The predicted molar refractivity (Wildman–Crippen MR) is 71.6 cm³/mol. The van der Waals surface area contributed by atoms with Crippen LogP contribution in [-0.2, 0) is 6.54 Å². The first-order valence-electron chi connectivity index (χ1n) is 5.91. The van der Waals surface area contributed by atoms with E-state index in [0.717, 1.165) is 22.1 Å². The Morgan fingerprint density at radius 1 is 1.53 bits per heavy atom. The second kappa shape index (κ2) is 5.74. The maximum absolute atomic E-state index is 11.9. The van der Waals surface area contributed by atoms with Crippen LogP contribution in [0.25, 0.3) is 0 Å². The maximum atomic E-state index is 11.9. The third-order valence-corrected chi connectivity index (χ3v) is 4.27. The fourth-order valence-electron chi connectivity index (χ4n) is 2.10. The molecule has 1 aromatic heterocycles. The van der Waals surface area contributed by atoms with Gasteiger partial charge in [-0.05, 0) is 25.0 Å². The molecule has 3 nitrogen and oxygen atoms in total. The minimum absolute atomic E-state index is 0.0152. The molecule has 0 aromatic carbocycles. The van der Waals surface area contributed by atoms with Crippen LogP contribution in [0.3, 0.4) is 0 Å². The second-order valence-corrected chi connectivity index (χ2v) is 6.29. The van der Waals surface area contributed by atoms with Gasteiger partial charge in [0.25, 0.3) is 0 Å². The van der Waals surface area contributed by atoms with Gasteiger partial charge in [0, 0.05) is 18.0 Å². The van der Waals surface area contributed by atoms with Crippen LogP contribution in [0.4, 0.5) is 4.79 Å². The van der Waals surface area contributed by atoms with E-state index in [4.69, 9.17) is 11.6 Å². The van der Waals surface area contributed by atoms with Crippen LogP contribution >= 0.6 is 22.9 Å². The van der Waals surface area contributed by atoms with Gasteiger partial charge in [0.2, 0.25) is 0 Å². The van der Waals surface area contributed by atoms with Gasteiger partial charge < -0.3 is 10.2 Å². The largest absolute Gasteiger partial charge is 0.335 e. The monoisotopic (exact) mass is 272 g/mol. The van der Waals surface area contributed by atoms with Crippen LogP contribution in [0.15, 0.2) is 12.1 Å². The number of rotatable bonds is 3. The first-order chi connectivity index (χ1) is 8.15. The maximum Gasteiger partial charge on any atom is 0.317 e. The van der Waals surface area contributed by atoms with Crippen molar-refractivity contribution in [1.82, 2.24) is 10.2 Å². The van der Waals surface area contributed by atoms with Crippen LogP contribution in [0.2, 0.25) is 4.34 Å². The van der Waals surface area contributed by atoms with E-state index in [1.54, 1.807) is 4.90 Å². The molecular weight excluding hydrogens is 256 g/mol. The van der Waals surface area contributed by atoms with E-state index in [9.17, 15) is 4.79 Å². The Morgan fingerprint density at radius 3 is 2.82 bits per heavy atom. The highest BCUT2D eigenvalue weighted by atomic mass is 35.5. The molecule has 2 amide bonds. The van der Waals surface area contributed by atoms with Crippen molar-refractivity contribution in [2.75, 3.05) is 7.05 Å². The Balaban J connectivity index is 1.82. The summed E-state index contributed by atoms with van der Waals surface area (Å²) in [6.45, 7) is 0.621. The first kappa shape index (κ1) is 12.7. The van der Waals surface area contributed by atoms with Crippen molar-refractivity contribution >= 4 is 29.0 Å². The number of amides is 2. The smallest absolute Gasteiger partial charge is 0.317 e. The first-order valence-corrected chi connectivity index (χ1v) is 7.10. The van der Waals surface area contributed by atoms with E-state index < -0.39 is 0 Å². The zero-order valence-corrected chi connectivity index (χ0v) is 11.5. The molecule has 0 radical (unpaired) electrons. The normalized spacial score (nSPS) is 16.1. The van der Waals surface area contributed by atoms with Gasteiger partial charge in [-0.15, -0.1) is 11.3 Å². The van der Waals surface area contributed by atoms with Crippen LogP contribution in [-0.4, -0.2) is 24.0 Å². The number of thiophene rings is 1. The fourth-order valence-corrected chi connectivity index (χ4v) is 3.24. The zero-order valence-electron chi connectivity index (χ0n) is 9.91. The molecule has 1 aliphatic rings. The molecule has 1 fully saturated rings. The van der Waals surface area contributed by atoms with Crippen molar-refractivity contribution in [3.8, 4) is 0 Å². The number of carbonyl (C=O) groups excluding carboxylic acids is 1. The van der Waals surface area contributed by atoms with E-state index in [0.29, 0.717) is 12.6 Å². The van der Waals surface area contributed by atoms with Gasteiger partial charge in [0.05, 0.1) is 10.9 Å². The number of nitrogens with zero attached hydrogens (tertiary/aromatic N) is 1. The van der Waals surface area contributed by atoms with Crippen molar-refractivity contribution in [1.29, 1.82) is 0 Å². The number of hydrogen-bond donors (Lipinski definition) is 1. The zero-order chi connectivity index (χ0) is 12.3. The quantitative estimate of drug-likeness (QED) is 0.898. The second-order valence-electron chi connectivity index (χ2n) is 4.49. The summed E-state index contributed by atoms with van der Waals surface area (Å²) in [5, 5.41) is 3.06. The summed E-state index contributed by atoms with van der Waals surface area (Å²) in [5.41, 5.74) is 0. The Labute approximate surface area is 111 Å². The van der Waals surface area contributed by atoms with Gasteiger partial charge in [-0.3, -0.25) is 0 Å². The lowest BCUT2D eigenvalue weighted by molar-refractivity contribution is 0.203.